The third-order valence-corrected chi connectivity index (χ3v) is 11.8. The summed E-state index contributed by atoms with van der Waals surface area (Å²) >= 11 is 1.40. The van der Waals surface area contributed by atoms with E-state index in [0.717, 1.165) is 35.4 Å². The number of carbonyl (C=O) groups is 2. The Morgan fingerprint density at radius 3 is 2.60 bits per heavy atom. The van der Waals surface area contributed by atoms with E-state index in [0.29, 0.717) is 66.5 Å². The van der Waals surface area contributed by atoms with Crippen molar-refractivity contribution in [1.29, 1.82) is 0 Å². The first-order valence-corrected chi connectivity index (χ1v) is 17.0. The molecular weight excluding hydrogens is 589 g/mol. The summed E-state index contributed by atoms with van der Waals surface area (Å²) in [5.74, 6) is 1.49. The predicted octanol–water partition coefficient (Wildman–Crippen LogP) is 4.16. The number of hydrogen-bond acceptors (Lipinski definition) is 9. The molecule has 1 atom stereocenters. The molecule has 1 saturated carbocycles. The maximum atomic E-state index is 14.0. The fraction of sp³-hybridized carbons (Fsp3) is 0.467. The molecule has 1 aromatic carbocycles. The topological polar surface area (TPSA) is 125 Å². The molecule has 226 valence electrons. The van der Waals surface area contributed by atoms with Gasteiger partial charge < -0.3 is 15.0 Å². The van der Waals surface area contributed by atoms with Crippen molar-refractivity contribution in [2.45, 2.75) is 57.0 Å². The fourth-order valence-electron chi connectivity index (χ4n) is 6.22. The maximum absolute atomic E-state index is 14.0. The van der Waals surface area contributed by atoms with Gasteiger partial charge in [0.25, 0.3) is 5.91 Å². The van der Waals surface area contributed by atoms with Crippen LogP contribution < -0.4 is 10.2 Å². The summed E-state index contributed by atoms with van der Waals surface area (Å²) in [6, 6.07) is 9.16. The number of nitrogens with one attached hydrogen (secondary N) is 1. The molecule has 0 bridgehead atoms. The molecule has 3 aromatic rings. The number of anilines is 3. The quantitative estimate of drug-likeness (QED) is 0.397. The van der Waals surface area contributed by atoms with Crippen LogP contribution in [-0.4, -0.2) is 78.3 Å². The van der Waals surface area contributed by atoms with Crippen molar-refractivity contribution in [2.75, 3.05) is 43.1 Å². The van der Waals surface area contributed by atoms with E-state index in [1.54, 1.807) is 11.0 Å². The molecule has 1 unspecified atom stereocenters. The van der Waals surface area contributed by atoms with Crippen molar-refractivity contribution < 1.29 is 22.7 Å². The van der Waals surface area contributed by atoms with E-state index in [-0.39, 0.29) is 35.8 Å². The number of hydrogen-bond donors (Lipinski definition) is 1. The number of aromatic nitrogens is 2. The van der Waals surface area contributed by atoms with Gasteiger partial charge in [0.05, 0.1) is 34.2 Å². The minimum absolute atomic E-state index is 0.0577. The third kappa shape index (κ3) is 5.22. The predicted molar refractivity (Wildman–Crippen MR) is 163 cm³/mol. The lowest BCUT2D eigenvalue weighted by molar-refractivity contribution is -0.117. The molecule has 4 aliphatic rings. The van der Waals surface area contributed by atoms with E-state index < -0.39 is 10.0 Å². The van der Waals surface area contributed by atoms with Gasteiger partial charge in [0.1, 0.15) is 11.6 Å². The van der Waals surface area contributed by atoms with E-state index in [1.807, 2.05) is 36.1 Å². The van der Waals surface area contributed by atoms with Gasteiger partial charge in [0.15, 0.2) is 5.13 Å². The molecule has 2 amide bonds. The van der Waals surface area contributed by atoms with Crippen LogP contribution in [0.5, 0.6) is 0 Å². The van der Waals surface area contributed by atoms with Crippen LogP contribution in [0.4, 0.5) is 16.8 Å². The van der Waals surface area contributed by atoms with Crippen molar-refractivity contribution in [3.05, 3.63) is 47.2 Å². The summed E-state index contributed by atoms with van der Waals surface area (Å²) in [6.45, 7) is 6.14. The van der Waals surface area contributed by atoms with E-state index in [1.165, 1.54) is 15.6 Å². The monoisotopic (exact) mass is 622 g/mol. The standard InChI is InChI=1S/C30H34N6O5S2/c1-18-28(42-30(31-18)33-24-5-3-6-25(32-24)35-10-4-7-26(35)37)21-15-22-17-36(19(2)20-8-9-20)29(38)27(22)23(16-21)43(39,40)34-11-13-41-14-12-34/h3,5-6,15-16,19-20H,4,7-14,17H2,1-2H3,(H,31,32,33). The second-order valence-corrected chi connectivity index (χ2v) is 14.5. The number of pyridine rings is 1. The van der Waals surface area contributed by atoms with Gasteiger partial charge in [-0.25, -0.2) is 18.4 Å². The number of morpholine rings is 1. The summed E-state index contributed by atoms with van der Waals surface area (Å²) in [7, 11) is -3.94. The number of ether oxygens (including phenoxy) is 1. The van der Waals surface area contributed by atoms with Crippen molar-refractivity contribution in [3.63, 3.8) is 0 Å². The summed E-state index contributed by atoms with van der Waals surface area (Å²) in [5, 5.41) is 3.87. The van der Waals surface area contributed by atoms with Gasteiger partial charge in [-0.15, -0.1) is 0 Å². The Kier molecular flexibility index (Phi) is 7.23. The molecule has 11 nitrogen and oxygen atoms in total. The molecule has 1 aliphatic carbocycles. The smallest absolute Gasteiger partial charge is 0.256 e. The van der Waals surface area contributed by atoms with Crippen molar-refractivity contribution in [2.24, 2.45) is 5.92 Å². The average Bonchev–Trinajstić information content (AvgIpc) is 3.55. The Morgan fingerprint density at radius 2 is 1.88 bits per heavy atom. The molecule has 2 aromatic heterocycles. The first kappa shape index (κ1) is 28.4. The van der Waals surface area contributed by atoms with Crippen LogP contribution in [0, 0.1) is 12.8 Å². The fourth-order valence-corrected chi connectivity index (χ4v) is 8.84. The van der Waals surface area contributed by atoms with Gasteiger partial charge in [0, 0.05) is 38.6 Å². The number of thiazole rings is 1. The number of sulfonamides is 1. The number of amides is 2. The molecule has 13 heteroatoms. The van der Waals surface area contributed by atoms with E-state index >= 15 is 0 Å². The third-order valence-electron chi connectivity index (χ3n) is 8.76. The lowest BCUT2D eigenvalue weighted by atomic mass is 10.0. The Bertz CT molecular complexity index is 1710. The van der Waals surface area contributed by atoms with Gasteiger partial charge >= 0.3 is 0 Å². The Hall–Kier alpha value is -3.39. The average molecular weight is 623 g/mol. The molecule has 1 N–H and O–H groups in total. The zero-order valence-corrected chi connectivity index (χ0v) is 25.8. The second-order valence-electron chi connectivity index (χ2n) is 11.6. The molecule has 7 rings (SSSR count). The number of aryl methyl sites for hydroxylation is 1. The normalized spacial score (nSPS) is 20.1. The number of nitrogens with zero attached hydrogens (tertiary/aromatic N) is 5. The van der Waals surface area contributed by atoms with Crippen LogP contribution in [0.25, 0.3) is 10.4 Å². The van der Waals surface area contributed by atoms with Gasteiger partial charge in [-0.3, -0.25) is 14.5 Å². The molecule has 43 heavy (non-hydrogen) atoms. The lowest BCUT2D eigenvalue weighted by Gasteiger charge is -2.27. The first-order valence-electron chi connectivity index (χ1n) is 14.8. The SMILES string of the molecule is Cc1nc(Nc2cccc(N3CCCC3=O)n2)sc1-c1cc2c(c(S(=O)(=O)N3CCOCC3)c1)C(=O)N(C(C)C1CC1)C2. The molecule has 0 spiro atoms. The van der Waals surface area contributed by atoms with Crippen molar-refractivity contribution >= 4 is 49.9 Å². The highest BCUT2D eigenvalue weighted by Crippen LogP contribution is 2.43. The van der Waals surface area contributed by atoms with Crippen LogP contribution in [-0.2, 0) is 26.1 Å². The van der Waals surface area contributed by atoms with Gasteiger partial charge in [0.2, 0.25) is 15.9 Å². The Balaban J connectivity index is 1.24. The Morgan fingerprint density at radius 1 is 1.09 bits per heavy atom. The van der Waals surface area contributed by atoms with E-state index in [4.69, 9.17) is 9.72 Å². The van der Waals surface area contributed by atoms with Crippen molar-refractivity contribution in [3.8, 4) is 10.4 Å². The largest absolute Gasteiger partial charge is 0.379 e. The number of rotatable bonds is 8. The summed E-state index contributed by atoms with van der Waals surface area (Å²) < 4.78 is 34.9. The minimum atomic E-state index is -3.94. The molecule has 3 fully saturated rings. The minimum Gasteiger partial charge on any atom is -0.379 e. The lowest BCUT2D eigenvalue weighted by Crippen LogP contribution is -2.41. The summed E-state index contributed by atoms with van der Waals surface area (Å²) in [4.78, 5) is 39.7. The number of fused-ring (bicyclic) bond motifs is 1. The van der Waals surface area contributed by atoms with Crippen LogP contribution in [0.1, 0.15) is 54.2 Å². The van der Waals surface area contributed by atoms with Crippen molar-refractivity contribution in [1.82, 2.24) is 19.2 Å². The molecule has 3 aliphatic heterocycles. The van der Waals surface area contributed by atoms with Crippen LogP contribution >= 0.6 is 11.3 Å². The highest BCUT2D eigenvalue weighted by molar-refractivity contribution is 7.89. The number of carbonyl (C=O) groups excluding carboxylic acids is 2. The van der Waals surface area contributed by atoms with E-state index in [2.05, 4.69) is 17.2 Å². The molecule has 0 radical (unpaired) electrons. The highest BCUT2D eigenvalue weighted by Gasteiger charge is 2.42. The van der Waals surface area contributed by atoms with Crippen LogP contribution in [0.3, 0.4) is 0 Å². The van der Waals surface area contributed by atoms with Gasteiger partial charge in [-0.05, 0) is 74.4 Å². The van der Waals surface area contributed by atoms with Gasteiger partial charge in [-0.1, -0.05) is 17.4 Å². The molecule has 2 saturated heterocycles. The molecule has 5 heterocycles. The van der Waals surface area contributed by atoms with Crippen LogP contribution in [0.2, 0.25) is 0 Å². The highest BCUT2D eigenvalue weighted by atomic mass is 32.2. The summed E-state index contributed by atoms with van der Waals surface area (Å²) in [5.41, 5.74) is 2.47. The zero-order valence-electron chi connectivity index (χ0n) is 24.2. The zero-order chi connectivity index (χ0) is 29.9. The van der Waals surface area contributed by atoms with E-state index in [9.17, 15) is 18.0 Å². The van der Waals surface area contributed by atoms with Gasteiger partial charge in [-0.2, -0.15) is 4.31 Å². The Labute approximate surface area is 254 Å². The van der Waals surface area contributed by atoms with Crippen LogP contribution in [0.15, 0.2) is 35.2 Å². The number of benzene rings is 1. The maximum Gasteiger partial charge on any atom is 0.256 e. The first-order chi connectivity index (χ1) is 20.7. The molecular formula is C30H34N6O5S2. The summed E-state index contributed by atoms with van der Waals surface area (Å²) in [6.07, 6.45) is 3.53. The second kappa shape index (κ2) is 11.0.